The lowest BCUT2D eigenvalue weighted by atomic mass is 9.91. The summed E-state index contributed by atoms with van der Waals surface area (Å²) in [5.41, 5.74) is 0.215. The molecule has 0 aliphatic heterocycles. The highest BCUT2D eigenvalue weighted by atomic mass is 19.2. The van der Waals surface area contributed by atoms with E-state index in [1.807, 2.05) is 13.8 Å². The van der Waals surface area contributed by atoms with Crippen LogP contribution in [0.4, 0.5) is 13.2 Å². The molecule has 0 radical (unpaired) electrons. The molecule has 0 fully saturated rings. The van der Waals surface area contributed by atoms with Crippen LogP contribution in [0.25, 0.3) is 0 Å². The highest BCUT2D eigenvalue weighted by molar-refractivity contribution is 5.20. The molecule has 0 heterocycles. The number of hydrogen-bond donors (Lipinski definition) is 1. The Bertz CT molecular complexity index is 619. The Morgan fingerprint density at radius 3 is 1.78 bits per heavy atom. The van der Waals surface area contributed by atoms with E-state index < -0.39 is 23.4 Å². The average Bonchev–Trinajstić information content (AvgIpc) is 2.75. The van der Waals surface area contributed by atoms with Gasteiger partial charge in [0.2, 0.25) is 0 Å². The number of unbranched alkanes of at least 4 members (excludes halogenated alkanes) is 8. The molecule has 0 aliphatic carbocycles. The summed E-state index contributed by atoms with van der Waals surface area (Å²) < 4.78 is 51.3. The molecule has 0 amide bonds. The Labute approximate surface area is 192 Å². The molecule has 0 spiro atoms. The van der Waals surface area contributed by atoms with E-state index in [1.54, 1.807) is 0 Å². The summed E-state index contributed by atoms with van der Waals surface area (Å²) in [4.78, 5) is 0. The van der Waals surface area contributed by atoms with Gasteiger partial charge in [0.05, 0.1) is 0 Å². The fourth-order valence-electron chi connectivity index (χ4n) is 4.19. The molecule has 0 aliphatic rings. The lowest BCUT2D eigenvalue weighted by Crippen LogP contribution is -2.44. The van der Waals surface area contributed by atoms with Crippen molar-refractivity contribution in [2.45, 2.75) is 110 Å². The molecular weight excluding hydrogens is 417 g/mol. The first-order valence-electron chi connectivity index (χ1n) is 12.5. The van der Waals surface area contributed by atoms with E-state index in [2.05, 4.69) is 6.92 Å². The quantitative estimate of drug-likeness (QED) is 0.131. The highest BCUT2D eigenvalue weighted by Crippen LogP contribution is 2.31. The van der Waals surface area contributed by atoms with E-state index in [0.717, 1.165) is 51.0 Å². The molecule has 6 heteroatoms. The van der Waals surface area contributed by atoms with Gasteiger partial charge in [0.15, 0.2) is 11.6 Å². The zero-order valence-electron chi connectivity index (χ0n) is 20.2. The van der Waals surface area contributed by atoms with Gasteiger partial charge in [0.25, 0.3) is 5.97 Å². The van der Waals surface area contributed by atoms with Crippen molar-refractivity contribution in [1.29, 1.82) is 0 Å². The molecule has 186 valence electrons. The summed E-state index contributed by atoms with van der Waals surface area (Å²) in [5, 5.41) is 11.0. The SMILES string of the molecule is CCCCCCCCC(CCCCCCc1cc(F)c(F)cc1F)C(O)(OCC)OCC. The molecule has 0 bridgehead atoms. The normalized spacial score (nSPS) is 13.0. The number of aliphatic hydroxyl groups is 1. The lowest BCUT2D eigenvalue weighted by molar-refractivity contribution is -0.385. The molecule has 1 atom stereocenters. The van der Waals surface area contributed by atoms with Crippen LogP contribution in [-0.2, 0) is 15.9 Å². The molecular formula is C26H43F3O3. The van der Waals surface area contributed by atoms with Crippen molar-refractivity contribution >= 4 is 0 Å². The summed E-state index contributed by atoms with van der Waals surface area (Å²) in [7, 11) is 0. The Morgan fingerprint density at radius 1 is 0.719 bits per heavy atom. The maximum absolute atomic E-state index is 13.7. The van der Waals surface area contributed by atoms with Crippen LogP contribution in [-0.4, -0.2) is 24.3 Å². The fourth-order valence-corrected chi connectivity index (χ4v) is 4.19. The van der Waals surface area contributed by atoms with Crippen LogP contribution in [0.1, 0.15) is 103 Å². The highest BCUT2D eigenvalue weighted by Gasteiger charge is 2.37. The molecule has 0 saturated carbocycles. The van der Waals surface area contributed by atoms with Crippen molar-refractivity contribution in [2.24, 2.45) is 5.92 Å². The Balaban J connectivity index is 2.47. The summed E-state index contributed by atoms with van der Waals surface area (Å²) in [6, 6.07) is 1.56. The second-order valence-electron chi connectivity index (χ2n) is 8.56. The number of aryl methyl sites for hydroxylation is 1. The molecule has 0 aromatic heterocycles. The van der Waals surface area contributed by atoms with Crippen LogP contribution in [0.15, 0.2) is 12.1 Å². The first-order valence-corrected chi connectivity index (χ1v) is 12.5. The van der Waals surface area contributed by atoms with Gasteiger partial charge in [-0.2, -0.15) is 0 Å². The van der Waals surface area contributed by atoms with E-state index in [-0.39, 0.29) is 11.5 Å². The van der Waals surface area contributed by atoms with Gasteiger partial charge >= 0.3 is 0 Å². The molecule has 1 aromatic rings. The largest absolute Gasteiger partial charge is 0.343 e. The minimum absolute atomic E-state index is 0.0998. The van der Waals surface area contributed by atoms with Crippen molar-refractivity contribution < 1.29 is 27.8 Å². The molecule has 32 heavy (non-hydrogen) atoms. The smallest absolute Gasteiger partial charge is 0.283 e. The number of ether oxygens (including phenoxy) is 2. The molecule has 0 saturated heterocycles. The minimum atomic E-state index is -1.55. The molecule has 1 rings (SSSR count). The van der Waals surface area contributed by atoms with Gasteiger partial charge in [-0.1, -0.05) is 64.7 Å². The predicted octanol–water partition coefficient (Wildman–Crippen LogP) is 7.68. The van der Waals surface area contributed by atoms with Gasteiger partial charge in [-0.05, 0) is 51.2 Å². The fraction of sp³-hybridized carbons (Fsp3) is 0.769. The first kappa shape index (κ1) is 28.9. The summed E-state index contributed by atoms with van der Waals surface area (Å²) in [6.45, 7) is 6.66. The number of hydrogen-bond acceptors (Lipinski definition) is 3. The van der Waals surface area contributed by atoms with Crippen molar-refractivity contribution in [3.63, 3.8) is 0 Å². The summed E-state index contributed by atoms with van der Waals surface area (Å²) >= 11 is 0. The van der Waals surface area contributed by atoms with Gasteiger partial charge < -0.3 is 14.6 Å². The monoisotopic (exact) mass is 460 g/mol. The van der Waals surface area contributed by atoms with Gasteiger partial charge in [-0.25, -0.2) is 13.2 Å². The molecule has 3 nitrogen and oxygen atoms in total. The number of benzene rings is 1. The van der Waals surface area contributed by atoms with Crippen molar-refractivity contribution in [3.05, 3.63) is 35.1 Å². The van der Waals surface area contributed by atoms with Crippen LogP contribution in [0.2, 0.25) is 0 Å². The van der Waals surface area contributed by atoms with Crippen LogP contribution in [0.5, 0.6) is 0 Å². The third kappa shape index (κ3) is 10.7. The summed E-state index contributed by atoms with van der Waals surface area (Å²) in [5.74, 6) is -4.51. The van der Waals surface area contributed by atoms with Gasteiger partial charge in [-0.15, -0.1) is 0 Å². The van der Waals surface area contributed by atoms with Crippen LogP contribution < -0.4 is 0 Å². The zero-order valence-corrected chi connectivity index (χ0v) is 20.2. The Morgan fingerprint density at radius 2 is 1.22 bits per heavy atom. The van der Waals surface area contributed by atoms with E-state index in [0.29, 0.717) is 32.1 Å². The van der Waals surface area contributed by atoms with Crippen molar-refractivity contribution in [2.75, 3.05) is 13.2 Å². The second kappa shape index (κ2) is 16.5. The Hall–Kier alpha value is -1.11. The number of halogens is 3. The maximum Gasteiger partial charge on any atom is 0.283 e. The average molecular weight is 461 g/mol. The van der Waals surface area contributed by atoms with Crippen LogP contribution in [0, 0.1) is 23.4 Å². The van der Waals surface area contributed by atoms with Gasteiger partial charge in [0, 0.05) is 25.2 Å². The third-order valence-electron chi connectivity index (χ3n) is 5.96. The predicted molar refractivity (Wildman–Crippen MR) is 123 cm³/mol. The van der Waals surface area contributed by atoms with E-state index in [9.17, 15) is 18.3 Å². The first-order chi connectivity index (χ1) is 15.4. The Kier molecular flexibility index (Phi) is 14.9. The van der Waals surface area contributed by atoms with Gasteiger partial charge in [0.1, 0.15) is 5.82 Å². The van der Waals surface area contributed by atoms with E-state index in [1.165, 1.54) is 25.7 Å². The minimum Gasteiger partial charge on any atom is -0.343 e. The second-order valence-corrected chi connectivity index (χ2v) is 8.56. The zero-order chi connectivity index (χ0) is 23.8. The van der Waals surface area contributed by atoms with Gasteiger partial charge in [-0.3, -0.25) is 0 Å². The molecule has 1 N–H and O–H groups in total. The van der Waals surface area contributed by atoms with Crippen LogP contribution >= 0.6 is 0 Å². The topological polar surface area (TPSA) is 38.7 Å². The summed E-state index contributed by atoms with van der Waals surface area (Å²) in [6.07, 6.45) is 12.5. The van der Waals surface area contributed by atoms with Crippen molar-refractivity contribution in [3.8, 4) is 0 Å². The van der Waals surface area contributed by atoms with Crippen LogP contribution in [0.3, 0.4) is 0 Å². The number of rotatable bonds is 19. The molecule has 1 unspecified atom stereocenters. The standard InChI is InChI=1S/C26H43F3O3/c1-4-7-8-9-10-14-17-22(26(30,31-5-2)32-6-3)18-15-12-11-13-16-21-19-24(28)25(29)20-23(21)27/h19-20,22,30H,4-18H2,1-3H3. The van der Waals surface area contributed by atoms with E-state index in [4.69, 9.17) is 9.47 Å². The maximum atomic E-state index is 13.7. The third-order valence-corrected chi connectivity index (χ3v) is 5.96. The molecule has 1 aromatic carbocycles. The van der Waals surface area contributed by atoms with E-state index >= 15 is 0 Å². The van der Waals surface area contributed by atoms with Crippen molar-refractivity contribution in [1.82, 2.24) is 0 Å². The lowest BCUT2D eigenvalue weighted by Gasteiger charge is -2.35.